The minimum absolute atomic E-state index is 0.111. The zero-order chi connectivity index (χ0) is 20.5. The molecule has 1 heterocycles. The quantitative estimate of drug-likeness (QED) is 0.724. The van der Waals surface area contributed by atoms with Crippen LogP contribution in [0.5, 0.6) is 0 Å². The highest BCUT2D eigenvalue weighted by Crippen LogP contribution is 2.44. The summed E-state index contributed by atoms with van der Waals surface area (Å²) in [5, 5.41) is 0. The van der Waals surface area contributed by atoms with E-state index >= 15 is 0 Å². The molecule has 2 aromatic rings. The van der Waals surface area contributed by atoms with Gasteiger partial charge in [-0.1, -0.05) is 83.1 Å². The molecular formula is C24H29NO3. The van der Waals surface area contributed by atoms with Crippen LogP contribution in [0.2, 0.25) is 0 Å². The van der Waals surface area contributed by atoms with E-state index in [1.54, 1.807) is 17.0 Å². The molecule has 2 aromatic carbocycles. The summed E-state index contributed by atoms with van der Waals surface area (Å²) in [5.74, 6) is -0.605. The normalized spacial score (nSPS) is 22.4. The summed E-state index contributed by atoms with van der Waals surface area (Å²) in [4.78, 5) is 28.7. The first kappa shape index (κ1) is 20.1. The van der Waals surface area contributed by atoms with Crippen molar-refractivity contribution < 1.29 is 14.3 Å². The van der Waals surface area contributed by atoms with Crippen LogP contribution in [0, 0.1) is 11.3 Å². The zero-order valence-corrected chi connectivity index (χ0v) is 17.3. The predicted octanol–water partition coefficient (Wildman–Crippen LogP) is 4.70. The summed E-state index contributed by atoms with van der Waals surface area (Å²) >= 11 is 0. The maximum atomic E-state index is 13.7. The minimum atomic E-state index is -1.05. The number of amides is 1. The number of benzene rings is 2. The molecule has 0 unspecified atom stereocenters. The first-order valence-electron chi connectivity index (χ1n) is 9.81. The maximum Gasteiger partial charge on any atom is 0.334 e. The van der Waals surface area contributed by atoms with Gasteiger partial charge in [0.2, 0.25) is 0 Å². The standard InChI is InChI=1S/C24H29NO3/c1-17(2)24(16-18-12-8-6-9-13-18)22(27)28-21(23(3,4)5)25(24)20(26)19-14-10-7-11-15-19/h6-15,17,21H,16H2,1-5H3/t21-,24-/m1/s1. The average molecular weight is 380 g/mol. The van der Waals surface area contributed by atoms with Gasteiger partial charge < -0.3 is 4.74 Å². The Kier molecular flexibility index (Phi) is 5.33. The van der Waals surface area contributed by atoms with E-state index in [1.807, 2.05) is 83.1 Å². The van der Waals surface area contributed by atoms with Crippen LogP contribution < -0.4 is 0 Å². The van der Waals surface area contributed by atoms with Crippen molar-refractivity contribution in [1.29, 1.82) is 0 Å². The van der Waals surface area contributed by atoms with Gasteiger partial charge in [-0.25, -0.2) is 4.79 Å². The van der Waals surface area contributed by atoms with Crippen LogP contribution in [-0.4, -0.2) is 28.5 Å². The molecular weight excluding hydrogens is 350 g/mol. The smallest absolute Gasteiger partial charge is 0.334 e. The summed E-state index contributed by atoms with van der Waals surface area (Å²) in [7, 11) is 0. The molecule has 1 aliphatic heterocycles. The highest BCUT2D eigenvalue weighted by Gasteiger charge is 2.61. The van der Waals surface area contributed by atoms with Gasteiger partial charge in [0, 0.05) is 17.4 Å². The number of nitrogens with zero attached hydrogens (tertiary/aromatic N) is 1. The van der Waals surface area contributed by atoms with Gasteiger partial charge in [-0.15, -0.1) is 0 Å². The van der Waals surface area contributed by atoms with Gasteiger partial charge >= 0.3 is 5.97 Å². The Morgan fingerprint density at radius 2 is 1.57 bits per heavy atom. The second kappa shape index (κ2) is 7.42. The van der Waals surface area contributed by atoms with Crippen molar-refractivity contribution in [2.45, 2.75) is 52.8 Å². The molecule has 0 saturated carbocycles. The number of ether oxygens (including phenoxy) is 1. The van der Waals surface area contributed by atoms with E-state index in [4.69, 9.17) is 4.74 Å². The lowest BCUT2D eigenvalue weighted by atomic mass is 9.78. The molecule has 0 radical (unpaired) electrons. The Hall–Kier alpha value is -2.62. The van der Waals surface area contributed by atoms with Crippen LogP contribution in [0.1, 0.15) is 50.5 Å². The molecule has 4 heteroatoms. The van der Waals surface area contributed by atoms with Gasteiger partial charge in [-0.2, -0.15) is 0 Å². The lowest BCUT2D eigenvalue weighted by Crippen LogP contribution is -2.60. The van der Waals surface area contributed by atoms with E-state index in [9.17, 15) is 9.59 Å². The first-order chi connectivity index (χ1) is 13.2. The molecule has 0 spiro atoms. The van der Waals surface area contributed by atoms with E-state index in [1.165, 1.54) is 0 Å². The molecule has 148 valence electrons. The molecule has 1 fully saturated rings. The van der Waals surface area contributed by atoms with Gasteiger partial charge in [0.25, 0.3) is 5.91 Å². The number of carbonyl (C=O) groups is 2. The summed E-state index contributed by atoms with van der Waals surface area (Å²) in [6.45, 7) is 9.96. The molecule has 1 amide bonds. The van der Waals surface area contributed by atoms with Crippen molar-refractivity contribution in [3.63, 3.8) is 0 Å². The number of cyclic esters (lactones) is 1. The summed E-state index contributed by atoms with van der Waals surface area (Å²) < 4.78 is 5.90. The van der Waals surface area contributed by atoms with E-state index in [2.05, 4.69) is 0 Å². The second-order valence-electron chi connectivity index (χ2n) is 8.91. The fourth-order valence-electron chi connectivity index (χ4n) is 3.92. The molecule has 0 bridgehead atoms. The first-order valence-corrected chi connectivity index (χ1v) is 9.81. The number of hydrogen-bond acceptors (Lipinski definition) is 3. The number of esters is 1. The van der Waals surface area contributed by atoms with Crippen molar-refractivity contribution in [3.8, 4) is 0 Å². The van der Waals surface area contributed by atoms with E-state index in [0.29, 0.717) is 12.0 Å². The van der Waals surface area contributed by atoms with Crippen molar-refractivity contribution in [2.24, 2.45) is 11.3 Å². The van der Waals surface area contributed by atoms with E-state index in [-0.39, 0.29) is 17.8 Å². The molecule has 0 N–H and O–H groups in total. The Morgan fingerprint density at radius 1 is 1.04 bits per heavy atom. The van der Waals surface area contributed by atoms with Crippen molar-refractivity contribution >= 4 is 11.9 Å². The van der Waals surface area contributed by atoms with Gasteiger partial charge in [0.1, 0.15) is 0 Å². The van der Waals surface area contributed by atoms with Gasteiger partial charge in [-0.05, 0) is 23.6 Å². The van der Waals surface area contributed by atoms with Crippen LogP contribution in [0.15, 0.2) is 60.7 Å². The Bertz CT molecular complexity index is 839. The van der Waals surface area contributed by atoms with Gasteiger partial charge in [0.05, 0.1) is 0 Å². The number of rotatable bonds is 4. The predicted molar refractivity (Wildman–Crippen MR) is 110 cm³/mol. The summed E-state index contributed by atoms with van der Waals surface area (Å²) in [5.41, 5.74) is 0.112. The molecule has 4 nitrogen and oxygen atoms in total. The largest absolute Gasteiger partial charge is 0.439 e. The molecule has 3 rings (SSSR count). The number of hydrogen-bond donors (Lipinski definition) is 0. The lowest BCUT2D eigenvalue weighted by molar-refractivity contribution is -0.149. The monoisotopic (exact) mass is 379 g/mol. The SMILES string of the molecule is CC(C)[C@]1(Cc2ccccc2)C(=O)O[C@H](C(C)(C)C)N1C(=O)c1ccccc1. The Morgan fingerprint density at radius 3 is 2.07 bits per heavy atom. The van der Waals surface area contributed by atoms with Crippen LogP contribution >= 0.6 is 0 Å². The lowest BCUT2D eigenvalue weighted by Gasteiger charge is -2.42. The summed E-state index contributed by atoms with van der Waals surface area (Å²) in [6.07, 6.45) is -0.200. The maximum absolute atomic E-state index is 13.7. The molecule has 0 aromatic heterocycles. The summed E-state index contributed by atoms with van der Waals surface area (Å²) in [6, 6.07) is 19.0. The molecule has 1 saturated heterocycles. The Labute approximate surface area is 167 Å². The molecule has 2 atom stereocenters. The van der Waals surface area contributed by atoms with Gasteiger partial charge in [0.15, 0.2) is 11.8 Å². The van der Waals surface area contributed by atoms with Gasteiger partial charge in [-0.3, -0.25) is 9.69 Å². The minimum Gasteiger partial charge on any atom is -0.439 e. The van der Waals surface area contributed by atoms with Crippen molar-refractivity contribution in [3.05, 3.63) is 71.8 Å². The number of carbonyl (C=O) groups excluding carboxylic acids is 2. The second-order valence-corrected chi connectivity index (χ2v) is 8.91. The topological polar surface area (TPSA) is 46.6 Å². The molecule has 28 heavy (non-hydrogen) atoms. The van der Waals surface area contributed by atoms with Crippen molar-refractivity contribution in [1.82, 2.24) is 4.90 Å². The van der Waals surface area contributed by atoms with E-state index in [0.717, 1.165) is 5.56 Å². The van der Waals surface area contributed by atoms with Crippen LogP contribution in [0.25, 0.3) is 0 Å². The fraction of sp³-hybridized carbons (Fsp3) is 0.417. The third-order valence-corrected chi connectivity index (χ3v) is 5.49. The van der Waals surface area contributed by atoms with Crippen LogP contribution in [0.3, 0.4) is 0 Å². The third kappa shape index (κ3) is 3.44. The third-order valence-electron chi connectivity index (χ3n) is 5.49. The highest BCUT2D eigenvalue weighted by atomic mass is 16.6. The Balaban J connectivity index is 2.16. The molecule has 1 aliphatic rings. The zero-order valence-electron chi connectivity index (χ0n) is 17.3. The van der Waals surface area contributed by atoms with E-state index < -0.39 is 17.2 Å². The van der Waals surface area contributed by atoms with Crippen LogP contribution in [0.4, 0.5) is 0 Å². The molecule has 0 aliphatic carbocycles. The van der Waals surface area contributed by atoms with Crippen molar-refractivity contribution in [2.75, 3.05) is 0 Å². The average Bonchev–Trinajstić information content (AvgIpc) is 2.96. The fourth-order valence-corrected chi connectivity index (χ4v) is 3.92. The van der Waals surface area contributed by atoms with Crippen LogP contribution in [-0.2, 0) is 16.0 Å². The highest BCUT2D eigenvalue weighted by molar-refractivity contribution is 6.00.